The van der Waals surface area contributed by atoms with E-state index in [1.165, 1.54) is 7.11 Å². The highest BCUT2D eigenvalue weighted by Crippen LogP contribution is 2.18. The summed E-state index contributed by atoms with van der Waals surface area (Å²) >= 11 is 11.2. The van der Waals surface area contributed by atoms with Crippen LogP contribution in [0.5, 0.6) is 0 Å². The highest BCUT2D eigenvalue weighted by atomic mass is 35.7. The molecule has 0 aromatic rings. The first-order chi connectivity index (χ1) is 3.98. The minimum Gasteiger partial charge on any atom is -0.375 e. The van der Waals surface area contributed by atoms with E-state index in [2.05, 4.69) is 0 Å². The lowest BCUT2D eigenvalue weighted by molar-refractivity contribution is 0.186. The maximum Gasteiger partial charge on any atom is 0.551 e. The molecule has 0 aliphatic carbocycles. The fraction of sp³-hybridized carbons (Fsp3) is 1.00. The average molecular weight is 189 g/mol. The molecule has 0 saturated heterocycles. The van der Waals surface area contributed by atoms with Crippen molar-refractivity contribution in [1.82, 2.24) is 0 Å². The van der Waals surface area contributed by atoms with Gasteiger partial charge in [-0.05, 0) is 13.8 Å². The first-order valence-electron chi connectivity index (χ1n) is 2.58. The van der Waals surface area contributed by atoms with E-state index < -0.39 is 7.18 Å². The zero-order valence-corrected chi connectivity index (χ0v) is 8.16. The van der Waals surface area contributed by atoms with Crippen LogP contribution in [0, 0.1) is 0 Å². The van der Waals surface area contributed by atoms with Gasteiger partial charge in [-0.3, -0.25) is 0 Å². The van der Waals surface area contributed by atoms with Gasteiger partial charge in [0, 0.05) is 13.2 Å². The van der Waals surface area contributed by atoms with Crippen molar-refractivity contribution in [2.75, 3.05) is 7.11 Å². The fourth-order valence-electron chi connectivity index (χ4n) is 0.323. The predicted octanol–water partition coefficient (Wildman–Crippen LogP) is 1.97. The maximum absolute atomic E-state index is 5.58. The van der Waals surface area contributed by atoms with E-state index in [1.54, 1.807) is 0 Å². The van der Waals surface area contributed by atoms with Crippen molar-refractivity contribution in [3.05, 3.63) is 0 Å². The highest BCUT2D eigenvalue weighted by Gasteiger charge is 2.33. The Labute approximate surface area is 65.7 Å². The van der Waals surface area contributed by atoms with Crippen molar-refractivity contribution >= 4 is 29.3 Å². The summed E-state index contributed by atoms with van der Waals surface area (Å²) in [5.41, 5.74) is 0. The van der Waals surface area contributed by atoms with Crippen molar-refractivity contribution in [2.45, 2.75) is 20.0 Å². The summed E-state index contributed by atoms with van der Waals surface area (Å²) in [7, 11) is -1.36. The van der Waals surface area contributed by atoms with Crippen LogP contribution in [0.4, 0.5) is 0 Å². The molecule has 56 valence electrons. The van der Waals surface area contributed by atoms with Gasteiger partial charge in [-0.25, -0.2) is 0 Å². The third-order valence-electron chi connectivity index (χ3n) is 0.611. The molecule has 0 N–H and O–H groups in total. The Bertz CT molecular complexity index is 86.6. The third-order valence-corrected chi connectivity index (χ3v) is 3.29. The van der Waals surface area contributed by atoms with E-state index in [9.17, 15) is 0 Å². The zero-order chi connectivity index (χ0) is 7.49. The summed E-state index contributed by atoms with van der Waals surface area (Å²) in [6.07, 6.45) is 0.0200. The molecule has 0 rings (SSSR count). The van der Waals surface area contributed by atoms with Crippen molar-refractivity contribution in [1.29, 1.82) is 0 Å². The Morgan fingerprint density at radius 3 is 1.89 bits per heavy atom. The quantitative estimate of drug-likeness (QED) is 0.499. The van der Waals surface area contributed by atoms with Gasteiger partial charge < -0.3 is 8.85 Å². The second-order valence-corrected chi connectivity index (χ2v) is 6.97. The molecule has 0 unspecified atom stereocenters. The van der Waals surface area contributed by atoms with Crippen LogP contribution in [0.1, 0.15) is 13.8 Å². The van der Waals surface area contributed by atoms with E-state index in [0.717, 1.165) is 0 Å². The predicted molar refractivity (Wildman–Crippen MR) is 40.7 cm³/mol. The second kappa shape index (κ2) is 3.78. The van der Waals surface area contributed by atoms with Gasteiger partial charge in [0.15, 0.2) is 0 Å². The van der Waals surface area contributed by atoms with Crippen LogP contribution in [0.2, 0.25) is 0 Å². The smallest absolute Gasteiger partial charge is 0.375 e. The number of rotatable bonds is 3. The summed E-state index contributed by atoms with van der Waals surface area (Å²) < 4.78 is 9.73. The molecule has 0 fully saturated rings. The molecule has 0 amide bonds. The van der Waals surface area contributed by atoms with Crippen LogP contribution < -0.4 is 0 Å². The van der Waals surface area contributed by atoms with E-state index in [0.29, 0.717) is 0 Å². The van der Waals surface area contributed by atoms with Crippen LogP contribution in [-0.2, 0) is 8.85 Å². The molecule has 0 aromatic heterocycles. The fourth-order valence-corrected chi connectivity index (χ4v) is 2.04. The van der Waals surface area contributed by atoms with Crippen LogP contribution >= 0.6 is 22.2 Å². The molecule has 0 saturated carbocycles. The summed E-state index contributed by atoms with van der Waals surface area (Å²) in [4.78, 5) is 0. The summed E-state index contributed by atoms with van der Waals surface area (Å²) in [6, 6.07) is 0. The molecule has 0 spiro atoms. The lowest BCUT2D eigenvalue weighted by Gasteiger charge is -2.16. The van der Waals surface area contributed by atoms with Crippen LogP contribution in [0.3, 0.4) is 0 Å². The van der Waals surface area contributed by atoms with Crippen LogP contribution in [0.25, 0.3) is 0 Å². The van der Waals surface area contributed by atoms with E-state index >= 15 is 0 Å². The van der Waals surface area contributed by atoms with Crippen LogP contribution in [0.15, 0.2) is 0 Å². The molecule has 0 radical (unpaired) electrons. The van der Waals surface area contributed by atoms with Crippen molar-refractivity contribution < 1.29 is 8.85 Å². The molecule has 0 bridgehead atoms. The number of hydrogen-bond donors (Lipinski definition) is 0. The van der Waals surface area contributed by atoms with Gasteiger partial charge in [0.25, 0.3) is 0 Å². The lowest BCUT2D eigenvalue weighted by Crippen LogP contribution is -2.30. The Balaban J connectivity index is 3.58. The lowest BCUT2D eigenvalue weighted by atomic mass is 10.5. The Hall–Kier alpha value is 0.717. The zero-order valence-electron chi connectivity index (χ0n) is 5.65. The SMILES string of the molecule is CO[Si](Cl)(Cl)OC(C)C. The van der Waals surface area contributed by atoms with Crippen molar-refractivity contribution in [3.8, 4) is 0 Å². The Morgan fingerprint density at radius 1 is 1.33 bits per heavy atom. The van der Waals surface area contributed by atoms with Crippen LogP contribution in [-0.4, -0.2) is 20.4 Å². The number of halogens is 2. The standard InChI is InChI=1S/C4H10Cl2O2Si/c1-4(2)8-9(5,6)7-3/h4H,1-3H3. The minimum atomic E-state index is -2.80. The summed E-state index contributed by atoms with van der Waals surface area (Å²) in [6.45, 7) is 3.71. The van der Waals surface area contributed by atoms with E-state index in [4.69, 9.17) is 31.0 Å². The molecule has 0 heterocycles. The summed E-state index contributed by atoms with van der Waals surface area (Å²) in [5.74, 6) is 0. The molecule has 0 atom stereocenters. The third kappa shape index (κ3) is 5.18. The maximum atomic E-state index is 5.58. The molecule has 0 aromatic carbocycles. The normalized spacial score (nSPS) is 12.7. The van der Waals surface area contributed by atoms with Gasteiger partial charge in [-0.2, -0.15) is 0 Å². The second-order valence-electron chi connectivity index (χ2n) is 1.83. The largest absolute Gasteiger partial charge is 0.551 e. The van der Waals surface area contributed by atoms with Gasteiger partial charge in [0.1, 0.15) is 0 Å². The van der Waals surface area contributed by atoms with Gasteiger partial charge >= 0.3 is 7.18 Å². The molecular weight excluding hydrogens is 179 g/mol. The van der Waals surface area contributed by atoms with Gasteiger partial charge in [-0.15, -0.1) is 0 Å². The average Bonchev–Trinajstić information content (AvgIpc) is 1.63. The van der Waals surface area contributed by atoms with Crippen molar-refractivity contribution in [2.24, 2.45) is 0 Å². The number of hydrogen-bond acceptors (Lipinski definition) is 2. The highest BCUT2D eigenvalue weighted by molar-refractivity contribution is 7.39. The van der Waals surface area contributed by atoms with Gasteiger partial charge in [-0.1, -0.05) is 22.2 Å². The molecule has 9 heavy (non-hydrogen) atoms. The first-order valence-corrected chi connectivity index (χ1v) is 6.43. The van der Waals surface area contributed by atoms with Gasteiger partial charge in [0.2, 0.25) is 0 Å². The molecule has 0 aliphatic rings. The van der Waals surface area contributed by atoms with Gasteiger partial charge in [0.05, 0.1) is 0 Å². The Kier molecular flexibility index (Phi) is 4.08. The molecular formula is C4H10Cl2O2Si. The molecule has 5 heteroatoms. The minimum absolute atomic E-state index is 0.0200. The molecule has 2 nitrogen and oxygen atoms in total. The van der Waals surface area contributed by atoms with E-state index in [1.807, 2.05) is 13.8 Å². The molecule has 0 aliphatic heterocycles. The topological polar surface area (TPSA) is 18.5 Å². The van der Waals surface area contributed by atoms with E-state index in [-0.39, 0.29) is 6.10 Å². The Morgan fingerprint density at radius 2 is 1.78 bits per heavy atom. The monoisotopic (exact) mass is 188 g/mol. The van der Waals surface area contributed by atoms with Crippen molar-refractivity contribution in [3.63, 3.8) is 0 Å². The summed E-state index contributed by atoms with van der Waals surface area (Å²) in [5, 5.41) is 0. The first kappa shape index (κ1) is 9.72.